The molecule has 0 aliphatic rings. The molecule has 9 aromatic rings. The number of halogens is 1. The van der Waals surface area contributed by atoms with Crippen LogP contribution in [-0.4, -0.2) is 32.8 Å². The van der Waals surface area contributed by atoms with Crippen molar-refractivity contribution in [3.8, 4) is 39.5 Å². The fourth-order valence-electron chi connectivity index (χ4n) is 7.92. The first-order chi connectivity index (χ1) is 32.5. The van der Waals surface area contributed by atoms with Crippen molar-refractivity contribution in [2.45, 2.75) is 83.9 Å². The quantitative estimate of drug-likeness (QED) is 0.0821. The van der Waals surface area contributed by atoms with Crippen molar-refractivity contribution in [3.63, 3.8) is 0 Å². The van der Waals surface area contributed by atoms with Crippen LogP contribution in [0.4, 0.5) is 4.39 Å². The summed E-state index contributed by atoms with van der Waals surface area (Å²) in [5, 5.41) is 1.62. The van der Waals surface area contributed by atoms with Crippen molar-refractivity contribution in [2.24, 2.45) is 5.92 Å². The van der Waals surface area contributed by atoms with Gasteiger partial charge in [-0.05, 0) is 70.5 Å². The molecule has 5 aromatic carbocycles. The molecule has 0 saturated heterocycles. The number of pyridine rings is 2. The molecule has 0 spiro atoms. The van der Waals surface area contributed by atoms with E-state index in [1.54, 1.807) is 18.3 Å². The average molecular weight is 1080 g/mol. The predicted octanol–water partition coefficient (Wildman–Crippen LogP) is 14.4. The Balaban J connectivity index is 0.000000220. The van der Waals surface area contributed by atoms with Crippen LogP contribution >= 0.6 is 0 Å². The summed E-state index contributed by atoms with van der Waals surface area (Å²) in [4.78, 5) is 13.6. The van der Waals surface area contributed by atoms with Gasteiger partial charge in [0.15, 0.2) is 0 Å². The number of nitrogens with zero attached hydrogens (tertiary/aromatic N) is 4. The van der Waals surface area contributed by atoms with Gasteiger partial charge in [-0.1, -0.05) is 81.1 Å². The molecule has 8 heteroatoms. The summed E-state index contributed by atoms with van der Waals surface area (Å²) < 4.78 is 79.3. The Bertz CT molecular complexity index is 3330. The number of imidazole rings is 1. The number of furan rings is 1. The zero-order valence-corrected chi connectivity index (χ0v) is 41.5. The minimum Gasteiger partial charge on any atom is 0 e. The molecule has 0 saturated carbocycles. The van der Waals surface area contributed by atoms with E-state index < -0.39 is 32.4 Å². The summed E-state index contributed by atoms with van der Waals surface area (Å²) in [7, 11) is 0. The number of aromatic nitrogens is 4. The predicted molar refractivity (Wildman–Crippen MR) is 259 cm³/mol. The minimum atomic E-state index is -2.55. The first kappa shape index (κ1) is 37.2. The van der Waals surface area contributed by atoms with Gasteiger partial charge in [-0.2, -0.15) is 9.37 Å². The van der Waals surface area contributed by atoms with Gasteiger partial charge in [0.05, 0.1) is 22.4 Å². The van der Waals surface area contributed by atoms with E-state index in [1.807, 2.05) is 50.2 Å². The molecular formula is C55H55FGeIrN4O-2. The molecule has 5 nitrogen and oxygen atoms in total. The van der Waals surface area contributed by atoms with E-state index in [4.69, 9.17) is 19.0 Å². The second kappa shape index (κ2) is 18.9. The largest absolute Gasteiger partial charge is 0 e. The van der Waals surface area contributed by atoms with Gasteiger partial charge in [0.1, 0.15) is 0 Å². The summed E-state index contributed by atoms with van der Waals surface area (Å²) in [5.41, 5.74) is 10.4. The molecule has 0 fully saturated rings. The first-order valence-electron chi connectivity index (χ1n) is 24.6. The third kappa shape index (κ3) is 9.52. The summed E-state index contributed by atoms with van der Waals surface area (Å²) in [6.07, 6.45) is 0.154. The molecule has 4 heterocycles. The second-order valence-corrected chi connectivity index (χ2v) is 28.2. The van der Waals surface area contributed by atoms with E-state index in [2.05, 4.69) is 114 Å². The van der Waals surface area contributed by atoms with Crippen molar-refractivity contribution in [2.75, 3.05) is 0 Å². The molecule has 0 bridgehead atoms. The van der Waals surface area contributed by atoms with Crippen molar-refractivity contribution >= 4 is 50.8 Å². The van der Waals surface area contributed by atoms with Gasteiger partial charge in [-0.3, -0.25) is 4.98 Å². The molecule has 0 aliphatic carbocycles. The smallest absolute Gasteiger partial charge is 0 e. The number of para-hydroxylation sites is 2. The molecule has 0 amide bonds. The molecule has 0 N–H and O–H groups in total. The number of benzene rings is 5. The van der Waals surface area contributed by atoms with Crippen molar-refractivity contribution in [1.82, 2.24) is 19.5 Å². The van der Waals surface area contributed by atoms with Gasteiger partial charge < -0.3 is 8.98 Å². The van der Waals surface area contributed by atoms with E-state index in [9.17, 15) is 4.39 Å². The minimum absolute atomic E-state index is 0. The maximum Gasteiger partial charge on any atom is 0 e. The van der Waals surface area contributed by atoms with Crippen LogP contribution in [0.25, 0.3) is 72.6 Å². The van der Waals surface area contributed by atoms with Crippen LogP contribution in [0.3, 0.4) is 0 Å². The molecule has 4 aromatic heterocycles. The van der Waals surface area contributed by atoms with E-state index >= 15 is 0 Å². The Morgan fingerprint density at radius 3 is 2.21 bits per heavy atom. The Morgan fingerprint density at radius 1 is 0.825 bits per heavy atom. The molecular weight excluding hydrogens is 1020 g/mol. The monoisotopic (exact) mass is 1080 g/mol. The van der Waals surface area contributed by atoms with Crippen LogP contribution in [0, 0.1) is 30.9 Å². The maximum atomic E-state index is 14.0. The van der Waals surface area contributed by atoms with Crippen LogP contribution in [0.2, 0.25) is 17.3 Å². The Morgan fingerprint density at radius 2 is 1.54 bits per heavy atom. The SMILES string of the molecule is CC(C)c1cc(-c2ccccc2)cc(C(C)C)c1-n1c(-c2[c-]ccc3c2oc2nc(F)ccc23)nc2ccccc21.[2H]c1[c-]c(-c2cc(C([2H])([2H])C(C)C)[c]([Ge]([CH3])([CH3])[CH3])cn2)cc([2H])c1C([2H])([2H])[2H].[Ir]. The van der Waals surface area contributed by atoms with E-state index in [1.165, 1.54) is 34.4 Å². The summed E-state index contributed by atoms with van der Waals surface area (Å²) in [5.74, 6) is 6.94. The fourth-order valence-corrected chi connectivity index (χ4v) is 10.9. The van der Waals surface area contributed by atoms with Crippen LogP contribution in [0.1, 0.15) is 85.2 Å². The molecule has 1 radical (unpaired) electrons. The number of hydrogen-bond donors (Lipinski definition) is 0. The first-order valence-corrected chi connectivity index (χ1v) is 28.5. The van der Waals surface area contributed by atoms with Gasteiger partial charge >= 0.3 is 141 Å². The molecule has 9 rings (SSSR count). The summed E-state index contributed by atoms with van der Waals surface area (Å²) >= 11 is -2.42. The van der Waals surface area contributed by atoms with Crippen LogP contribution in [0.5, 0.6) is 0 Å². The Labute approximate surface area is 397 Å². The Hall–Kier alpha value is -5.21. The summed E-state index contributed by atoms with van der Waals surface area (Å²) in [6, 6.07) is 38.8. The molecule has 0 aliphatic heterocycles. The average Bonchev–Trinajstić information content (AvgIpc) is 3.86. The van der Waals surface area contributed by atoms with Crippen molar-refractivity contribution in [3.05, 3.63) is 162 Å². The van der Waals surface area contributed by atoms with E-state index in [-0.39, 0.29) is 61.2 Å². The van der Waals surface area contributed by atoms with Crippen LogP contribution < -0.4 is 4.40 Å². The van der Waals surface area contributed by atoms with Gasteiger partial charge in [-0.15, -0.1) is 18.2 Å². The van der Waals surface area contributed by atoms with Gasteiger partial charge in [0.2, 0.25) is 11.7 Å². The zero-order valence-electron chi connectivity index (χ0n) is 44.0. The van der Waals surface area contributed by atoms with Crippen molar-refractivity contribution < 1.29 is 38.5 Å². The fraction of sp³-hybridized carbons (Fsp3) is 0.255. The number of hydrogen-bond acceptors (Lipinski definition) is 4. The Kier molecular flexibility index (Phi) is 11.1. The normalized spacial score (nSPS) is 13.8. The zero-order chi connectivity index (χ0) is 49.9. The molecule has 323 valence electrons. The molecule has 0 atom stereocenters. The van der Waals surface area contributed by atoms with Crippen molar-refractivity contribution in [1.29, 1.82) is 0 Å². The van der Waals surface area contributed by atoms with E-state index in [0.29, 0.717) is 28.0 Å². The maximum absolute atomic E-state index is 14.0. The van der Waals surface area contributed by atoms with E-state index in [0.717, 1.165) is 37.7 Å². The standard InChI is InChI=1S/C36H29FN3O.C19H26GeN.Ir/c1-21(2)28-19-24(23-11-6-5-7-12-23)20-29(22(3)4)33(28)40-31-16-9-8-15-30(31)38-35(40)27-14-10-13-25-26-17-18-32(37)39-36(26)41-34(25)27;1-14(2)11-17-12-19(16-9-7-15(3)8-10-16)21-13-18(17)20(4,5)6;/h5-13,15-22H,1-4H3;7-9,12-14H,11H2,1-6H3;/q2*-1;/i;3D3,7D,8D,11D2;. The van der Waals surface area contributed by atoms with Gasteiger partial charge in [0, 0.05) is 31.2 Å². The third-order valence-corrected chi connectivity index (χ3v) is 15.1. The second-order valence-electron chi connectivity index (χ2n) is 17.6. The number of rotatable bonds is 9. The number of fused-ring (bicyclic) bond motifs is 4. The van der Waals surface area contributed by atoms with Gasteiger partial charge in [0.25, 0.3) is 0 Å². The molecule has 0 unspecified atom stereocenters. The van der Waals surface area contributed by atoms with Gasteiger partial charge in [-0.25, -0.2) is 0 Å². The topological polar surface area (TPSA) is 56.7 Å². The van der Waals surface area contributed by atoms with Crippen LogP contribution in [-0.2, 0) is 26.5 Å². The third-order valence-electron chi connectivity index (χ3n) is 10.9. The molecule has 63 heavy (non-hydrogen) atoms. The van der Waals surface area contributed by atoms with Crippen LogP contribution in [0.15, 0.2) is 126 Å². The summed E-state index contributed by atoms with van der Waals surface area (Å²) in [6.45, 7) is 10.1.